The molecule has 0 aliphatic heterocycles. The fourth-order valence-corrected chi connectivity index (χ4v) is 4.36. The van der Waals surface area contributed by atoms with E-state index >= 15 is 0 Å². The van der Waals surface area contributed by atoms with Crippen LogP contribution in [0.3, 0.4) is 0 Å². The summed E-state index contributed by atoms with van der Waals surface area (Å²) in [4.78, 5) is 0. The molecule has 2 fully saturated rings. The molecule has 1 nitrogen and oxygen atoms in total. The van der Waals surface area contributed by atoms with E-state index in [2.05, 4.69) is 33.5 Å². The van der Waals surface area contributed by atoms with Crippen LogP contribution in [0.2, 0.25) is 19.6 Å². The highest BCUT2D eigenvalue weighted by Gasteiger charge is 2.48. The second kappa shape index (κ2) is 3.88. The Morgan fingerprint density at radius 1 is 1.07 bits per heavy atom. The lowest BCUT2D eigenvalue weighted by Gasteiger charge is -2.33. The van der Waals surface area contributed by atoms with Crippen molar-refractivity contribution in [3.05, 3.63) is 0 Å². The number of rotatable bonds is 3. The van der Waals surface area contributed by atoms with Crippen molar-refractivity contribution in [3.63, 3.8) is 0 Å². The number of hydrogen-bond donors (Lipinski definition) is 0. The van der Waals surface area contributed by atoms with E-state index in [9.17, 15) is 0 Å². The van der Waals surface area contributed by atoms with E-state index in [1.807, 2.05) is 0 Å². The highest BCUT2D eigenvalue weighted by Crippen LogP contribution is 2.54. The standard InChI is InChI=1S/C13H26OSi/c1-9-10(2)13-7-11(9)6-12(13)8-14-15(3,4)5/h9-13H,6-8H2,1-5H3. The summed E-state index contributed by atoms with van der Waals surface area (Å²) in [6.07, 6.45) is 2.93. The maximum absolute atomic E-state index is 6.09. The highest BCUT2D eigenvalue weighted by atomic mass is 28.4. The van der Waals surface area contributed by atoms with Crippen LogP contribution < -0.4 is 0 Å². The molecule has 5 atom stereocenters. The van der Waals surface area contributed by atoms with Gasteiger partial charge >= 0.3 is 0 Å². The molecule has 0 aromatic rings. The van der Waals surface area contributed by atoms with Crippen LogP contribution in [-0.2, 0) is 4.43 Å². The fraction of sp³-hybridized carbons (Fsp3) is 1.00. The molecule has 0 aromatic heterocycles. The summed E-state index contributed by atoms with van der Waals surface area (Å²) in [5.41, 5.74) is 0. The molecule has 88 valence electrons. The van der Waals surface area contributed by atoms with Crippen LogP contribution in [0.15, 0.2) is 0 Å². The summed E-state index contributed by atoms with van der Waals surface area (Å²) < 4.78 is 6.09. The number of fused-ring (bicyclic) bond motifs is 2. The van der Waals surface area contributed by atoms with Gasteiger partial charge in [0.15, 0.2) is 8.32 Å². The van der Waals surface area contributed by atoms with Gasteiger partial charge in [-0.2, -0.15) is 0 Å². The Morgan fingerprint density at radius 2 is 1.73 bits per heavy atom. The zero-order chi connectivity index (χ0) is 11.2. The van der Waals surface area contributed by atoms with Gasteiger partial charge in [0, 0.05) is 6.61 Å². The lowest BCUT2D eigenvalue weighted by atomic mass is 9.76. The van der Waals surface area contributed by atoms with E-state index in [4.69, 9.17) is 4.43 Å². The van der Waals surface area contributed by atoms with Gasteiger partial charge in [-0.15, -0.1) is 0 Å². The molecule has 2 heteroatoms. The monoisotopic (exact) mass is 226 g/mol. The van der Waals surface area contributed by atoms with Crippen molar-refractivity contribution in [2.24, 2.45) is 29.6 Å². The van der Waals surface area contributed by atoms with Crippen LogP contribution in [0, 0.1) is 29.6 Å². The molecular weight excluding hydrogens is 200 g/mol. The average Bonchev–Trinajstić information content (AvgIpc) is 2.63. The van der Waals surface area contributed by atoms with Crippen LogP contribution in [0.25, 0.3) is 0 Å². The maximum atomic E-state index is 6.09. The molecule has 0 heterocycles. The molecule has 0 aromatic carbocycles. The first kappa shape index (κ1) is 11.7. The second-order valence-corrected chi connectivity index (χ2v) is 11.3. The minimum absolute atomic E-state index is 0.882. The predicted molar refractivity (Wildman–Crippen MR) is 67.3 cm³/mol. The van der Waals surface area contributed by atoms with Crippen molar-refractivity contribution in [3.8, 4) is 0 Å². The molecule has 0 spiro atoms. The lowest BCUT2D eigenvalue weighted by Crippen LogP contribution is -2.33. The molecule has 2 saturated carbocycles. The van der Waals surface area contributed by atoms with E-state index in [1.54, 1.807) is 0 Å². The van der Waals surface area contributed by atoms with E-state index < -0.39 is 8.32 Å². The normalized spacial score (nSPS) is 45.0. The Morgan fingerprint density at radius 3 is 2.20 bits per heavy atom. The number of hydrogen-bond acceptors (Lipinski definition) is 1. The van der Waals surface area contributed by atoms with Gasteiger partial charge in [0.05, 0.1) is 0 Å². The Bertz CT molecular complexity index is 231. The molecule has 0 radical (unpaired) electrons. The van der Waals surface area contributed by atoms with Crippen molar-refractivity contribution < 1.29 is 4.43 Å². The first-order valence-corrected chi connectivity index (χ1v) is 9.93. The molecule has 15 heavy (non-hydrogen) atoms. The first-order chi connectivity index (χ1) is 6.88. The Balaban J connectivity index is 1.87. The first-order valence-electron chi connectivity index (χ1n) is 6.52. The van der Waals surface area contributed by atoms with Gasteiger partial charge in [-0.05, 0) is 62.1 Å². The van der Waals surface area contributed by atoms with Gasteiger partial charge in [0.2, 0.25) is 0 Å². The van der Waals surface area contributed by atoms with E-state index in [-0.39, 0.29) is 0 Å². The third-order valence-corrected chi connectivity index (χ3v) is 5.80. The summed E-state index contributed by atoms with van der Waals surface area (Å²) in [5.74, 6) is 4.78. The van der Waals surface area contributed by atoms with Crippen LogP contribution in [0.1, 0.15) is 26.7 Å². The molecule has 0 amide bonds. The largest absolute Gasteiger partial charge is 0.417 e. The predicted octanol–water partition coefficient (Wildman–Crippen LogP) is 3.77. The van der Waals surface area contributed by atoms with Crippen LogP contribution in [0.5, 0.6) is 0 Å². The summed E-state index contributed by atoms with van der Waals surface area (Å²) in [7, 11) is -1.29. The zero-order valence-corrected chi connectivity index (χ0v) is 11.9. The Hall–Kier alpha value is 0.177. The molecule has 2 aliphatic rings. The topological polar surface area (TPSA) is 9.23 Å². The average molecular weight is 226 g/mol. The van der Waals surface area contributed by atoms with E-state index in [0.717, 1.165) is 36.2 Å². The van der Waals surface area contributed by atoms with Gasteiger partial charge in [0.1, 0.15) is 0 Å². The third kappa shape index (κ3) is 2.31. The van der Waals surface area contributed by atoms with Crippen LogP contribution >= 0.6 is 0 Å². The molecule has 2 bridgehead atoms. The smallest absolute Gasteiger partial charge is 0.183 e. The Labute approximate surface area is 95.7 Å². The quantitative estimate of drug-likeness (QED) is 0.666. The molecule has 0 N–H and O–H groups in total. The fourth-order valence-electron chi connectivity index (χ4n) is 3.64. The summed E-state index contributed by atoms with van der Waals surface area (Å²) in [5, 5.41) is 0. The van der Waals surface area contributed by atoms with Crippen molar-refractivity contribution >= 4 is 8.32 Å². The SMILES string of the molecule is CC1C2CC(CO[Si](C)(C)C)C(C2)C1C. The van der Waals surface area contributed by atoms with Crippen molar-refractivity contribution in [1.82, 2.24) is 0 Å². The van der Waals surface area contributed by atoms with Crippen molar-refractivity contribution in [2.75, 3.05) is 6.61 Å². The molecule has 0 saturated heterocycles. The molecular formula is C13H26OSi. The maximum Gasteiger partial charge on any atom is 0.183 e. The highest BCUT2D eigenvalue weighted by molar-refractivity contribution is 6.69. The minimum Gasteiger partial charge on any atom is -0.417 e. The van der Waals surface area contributed by atoms with Gasteiger partial charge in [-0.1, -0.05) is 13.8 Å². The van der Waals surface area contributed by atoms with Crippen molar-refractivity contribution in [2.45, 2.75) is 46.3 Å². The summed E-state index contributed by atoms with van der Waals surface area (Å²) in [6, 6.07) is 0. The summed E-state index contributed by atoms with van der Waals surface area (Å²) >= 11 is 0. The third-order valence-electron chi connectivity index (χ3n) is 4.76. The minimum atomic E-state index is -1.29. The van der Waals surface area contributed by atoms with Gasteiger partial charge in [-0.3, -0.25) is 0 Å². The molecule has 2 aliphatic carbocycles. The Kier molecular flexibility index (Phi) is 3.02. The van der Waals surface area contributed by atoms with Crippen LogP contribution in [0.4, 0.5) is 0 Å². The van der Waals surface area contributed by atoms with Crippen LogP contribution in [-0.4, -0.2) is 14.9 Å². The van der Waals surface area contributed by atoms with Crippen molar-refractivity contribution in [1.29, 1.82) is 0 Å². The molecule has 5 unspecified atom stereocenters. The molecule has 2 rings (SSSR count). The van der Waals surface area contributed by atoms with E-state index in [1.165, 1.54) is 12.8 Å². The lowest BCUT2D eigenvalue weighted by molar-refractivity contribution is 0.129. The van der Waals surface area contributed by atoms with Gasteiger partial charge in [-0.25, -0.2) is 0 Å². The van der Waals surface area contributed by atoms with E-state index in [0.29, 0.717) is 0 Å². The van der Waals surface area contributed by atoms with Gasteiger partial charge in [0.25, 0.3) is 0 Å². The van der Waals surface area contributed by atoms with Gasteiger partial charge < -0.3 is 4.43 Å². The second-order valence-electron chi connectivity index (χ2n) is 6.80. The summed E-state index contributed by atoms with van der Waals surface area (Å²) in [6.45, 7) is 12.8. The zero-order valence-electron chi connectivity index (χ0n) is 10.9.